The third kappa shape index (κ3) is 4.87. The molecular weight excluding hydrogens is 370 g/mol. The topological polar surface area (TPSA) is 83.8 Å². The molecule has 1 atom stereocenters. The summed E-state index contributed by atoms with van der Waals surface area (Å²) in [4.78, 5) is 24.8. The summed E-state index contributed by atoms with van der Waals surface area (Å²) in [5, 5.41) is 12.9. The first kappa shape index (κ1) is 20.3. The van der Waals surface area contributed by atoms with Crippen LogP contribution in [0.25, 0.3) is 10.9 Å². The molecule has 0 spiro atoms. The Labute approximate surface area is 169 Å². The summed E-state index contributed by atoms with van der Waals surface area (Å²) in [6, 6.07) is 15.3. The first-order chi connectivity index (χ1) is 13.9. The number of carbonyl (C=O) groups is 2. The molecule has 0 aliphatic carbocycles. The number of nitrogens with zero attached hydrogens (tertiary/aromatic N) is 2. The molecule has 2 aromatic carbocycles. The van der Waals surface area contributed by atoms with E-state index in [1.54, 1.807) is 21.1 Å². The fourth-order valence-corrected chi connectivity index (χ4v) is 3.16. The van der Waals surface area contributed by atoms with E-state index in [1.807, 2.05) is 54.7 Å². The van der Waals surface area contributed by atoms with Gasteiger partial charge in [-0.05, 0) is 41.3 Å². The van der Waals surface area contributed by atoms with Crippen LogP contribution in [0.5, 0.6) is 5.75 Å². The fraction of sp³-hybridized carbons (Fsp3) is 0.273. The average molecular weight is 395 g/mol. The van der Waals surface area contributed by atoms with Gasteiger partial charge in [0.2, 0.25) is 0 Å². The second-order valence-electron chi connectivity index (χ2n) is 7.12. The summed E-state index contributed by atoms with van der Waals surface area (Å²) in [6.07, 6.45) is 2.01. The molecule has 152 valence electrons. The second-order valence-corrected chi connectivity index (χ2v) is 7.12. The molecule has 0 bridgehead atoms. The van der Waals surface area contributed by atoms with E-state index in [0.717, 1.165) is 22.2 Å². The lowest BCUT2D eigenvalue weighted by Crippen LogP contribution is -2.36. The summed E-state index contributed by atoms with van der Waals surface area (Å²) in [7, 11) is 3.23. The molecule has 0 saturated carbocycles. The van der Waals surface area contributed by atoms with E-state index in [0.29, 0.717) is 12.2 Å². The number of hydrogen-bond acceptors (Lipinski definition) is 3. The molecule has 2 N–H and O–H groups in total. The zero-order valence-corrected chi connectivity index (χ0v) is 16.8. The van der Waals surface area contributed by atoms with E-state index >= 15 is 0 Å². The lowest BCUT2D eigenvalue weighted by Gasteiger charge is -2.20. The molecule has 0 fully saturated rings. The van der Waals surface area contributed by atoms with Gasteiger partial charge in [0.05, 0.1) is 18.5 Å². The standard InChI is InChI=1S/C22H25N3O4/c1-15(21(26)27)13-24(2)22(28)23-18-8-7-17-9-10-25(20(17)12-18)14-16-5-4-6-19(11-16)29-3/h4-12,15H,13-14H2,1-3H3,(H,23,28)(H,26,27). The van der Waals surface area contributed by atoms with Crippen molar-refractivity contribution in [2.75, 3.05) is 26.0 Å². The maximum Gasteiger partial charge on any atom is 0.321 e. The third-order valence-corrected chi connectivity index (χ3v) is 4.83. The molecule has 7 nitrogen and oxygen atoms in total. The zero-order valence-electron chi connectivity index (χ0n) is 16.8. The Balaban J connectivity index is 1.76. The summed E-state index contributed by atoms with van der Waals surface area (Å²) >= 11 is 0. The van der Waals surface area contributed by atoms with Crippen LogP contribution in [0.1, 0.15) is 12.5 Å². The second kappa shape index (κ2) is 8.68. The quantitative estimate of drug-likeness (QED) is 0.636. The van der Waals surface area contributed by atoms with E-state index in [4.69, 9.17) is 9.84 Å². The van der Waals surface area contributed by atoms with Crippen molar-refractivity contribution in [1.29, 1.82) is 0 Å². The number of methoxy groups -OCH3 is 1. The Kier molecular flexibility index (Phi) is 6.07. The predicted octanol–water partition coefficient (Wildman–Crippen LogP) is 3.88. The number of ether oxygens (including phenoxy) is 1. The Hall–Kier alpha value is -3.48. The largest absolute Gasteiger partial charge is 0.497 e. The van der Waals surface area contributed by atoms with Gasteiger partial charge < -0.3 is 24.6 Å². The van der Waals surface area contributed by atoms with Crippen molar-refractivity contribution in [3.05, 3.63) is 60.3 Å². The monoisotopic (exact) mass is 395 g/mol. The third-order valence-electron chi connectivity index (χ3n) is 4.83. The summed E-state index contributed by atoms with van der Waals surface area (Å²) in [5.74, 6) is -0.750. The lowest BCUT2D eigenvalue weighted by atomic mass is 10.2. The highest BCUT2D eigenvalue weighted by molar-refractivity contribution is 5.93. The van der Waals surface area contributed by atoms with Crippen LogP contribution in [-0.2, 0) is 11.3 Å². The zero-order chi connectivity index (χ0) is 21.0. The molecule has 0 aliphatic rings. The number of carboxylic acid groups (broad SMARTS) is 1. The van der Waals surface area contributed by atoms with Crippen molar-refractivity contribution >= 4 is 28.6 Å². The van der Waals surface area contributed by atoms with Gasteiger partial charge in [-0.15, -0.1) is 0 Å². The Morgan fingerprint density at radius 2 is 2.00 bits per heavy atom. The lowest BCUT2D eigenvalue weighted by molar-refractivity contribution is -0.141. The molecule has 1 heterocycles. The maximum atomic E-state index is 12.4. The van der Waals surface area contributed by atoms with Crippen LogP contribution in [0.3, 0.4) is 0 Å². The van der Waals surface area contributed by atoms with E-state index < -0.39 is 11.9 Å². The number of carboxylic acids is 1. The highest BCUT2D eigenvalue weighted by Gasteiger charge is 2.17. The number of hydrogen-bond donors (Lipinski definition) is 2. The first-order valence-corrected chi connectivity index (χ1v) is 9.34. The number of anilines is 1. The summed E-state index contributed by atoms with van der Waals surface area (Å²) in [5.41, 5.74) is 2.76. The Bertz CT molecular complexity index is 1030. The Morgan fingerprint density at radius 1 is 1.21 bits per heavy atom. The van der Waals surface area contributed by atoms with Gasteiger partial charge in [-0.3, -0.25) is 4.79 Å². The van der Waals surface area contributed by atoms with Crippen LogP contribution in [0.4, 0.5) is 10.5 Å². The van der Waals surface area contributed by atoms with Crippen LogP contribution in [0.15, 0.2) is 54.7 Å². The molecular formula is C22H25N3O4. The number of aliphatic carboxylic acids is 1. The van der Waals surface area contributed by atoms with Gasteiger partial charge in [-0.1, -0.05) is 25.1 Å². The summed E-state index contributed by atoms with van der Waals surface area (Å²) < 4.78 is 7.40. The number of amides is 2. The number of fused-ring (bicyclic) bond motifs is 1. The Morgan fingerprint density at radius 3 is 2.72 bits per heavy atom. The van der Waals surface area contributed by atoms with Gasteiger partial charge in [-0.2, -0.15) is 0 Å². The first-order valence-electron chi connectivity index (χ1n) is 9.34. The van der Waals surface area contributed by atoms with Gasteiger partial charge in [0.25, 0.3) is 0 Å². The van der Waals surface area contributed by atoms with Crippen molar-refractivity contribution in [1.82, 2.24) is 9.47 Å². The minimum Gasteiger partial charge on any atom is -0.497 e. The molecule has 29 heavy (non-hydrogen) atoms. The van der Waals surface area contributed by atoms with Gasteiger partial charge in [0.1, 0.15) is 5.75 Å². The number of nitrogens with one attached hydrogen (secondary N) is 1. The molecule has 2 amide bonds. The van der Waals surface area contributed by atoms with Crippen molar-refractivity contribution in [2.45, 2.75) is 13.5 Å². The number of benzene rings is 2. The fourth-order valence-electron chi connectivity index (χ4n) is 3.16. The summed E-state index contributed by atoms with van der Waals surface area (Å²) in [6.45, 7) is 2.38. The highest BCUT2D eigenvalue weighted by Crippen LogP contribution is 2.23. The minimum atomic E-state index is -0.929. The van der Waals surface area contributed by atoms with Gasteiger partial charge in [-0.25, -0.2) is 4.79 Å². The molecule has 3 aromatic rings. The number of urea groups is 1. The maximum absolute atomic E-state index is 12.4. The highest BCUT2D eigenvalue weighted by atomic mass is 16.5. The average Bonchev–Trinajstić information content (AvgIpc) is 3.10. The minimum absolute atomic E-state index is 0.135. The van der Waals surface area contributed by atoms with Crippen molar-refractivity contribution in [3.63, 3.8) is 0 Å². The van der Waals surface area contributed by atoms with Gasteiger partial charge in [0.15, 0.2) is 0 Å². The molecule has 1 aromatic heterocycles. The SMILES string of the molecule is COc1cccc(Cn2ccc3ccc(NC(=O)N(C)CC(C)C(=O)O)cc32)c1. The number of aromatic nitrogens is 1. The van der Waals surface area contributed by atoms with E-state index in [9.17, 15) is 9.59 Å². The van der Waals surface area contributed by atoms with Crippen LogP contribution in [0, 0.1) is 5.92 Å². The number of carbonyl (C=O) groups excluding carboxylic acids is 1. The van der Waals surface area contributed by atoms with E-state index in [-0.39, 0.29) is 12.6 Å². The van der Waals surface area contributed by atoms with Gasteiger partial charge >= 0.3 is 12.0 Å². The van der Waals surface area contributed by atoms with Crippen molar-refractivity contribution in [2.24, 2.45) is 5.92 Å². The normalized spacial score (nSPS) is 11.8. The van der Waals surface area contributed by atoms with Crippen LogP contribution in [0.2, 0.25) is 0 Å². The van der Waals surface area contributed by atoms with Crippen LogP contribution < -0.4 is 10.1 Å². The van der Waals surface area contributed by atoms with Crippen molar-refractivity contribution < 1.29 is 19.4 Å². The molecule has 7 heteroatoms. The molecule has 1 unspecified atom stereocenters. The molecule has 0 radical (unpaired) electrons. The van der Waals surface area contributed by atoms with E-state index in [2.05, 4.69) is 9.88 Å². The van der Waals surface area contributed by atoms with Crippen LogP contribution >= 0.6 is 0 Å². The van der Waals surface area contributed by atoms with E-state index in [1.165, 1.54) is 4.90 Å². The molecule has 3 rings (SSSR count). The number of rotatable bonds is 7. The molecule has 0 aliphatic heterocycles. The van der Waals surface area contributed by atoms with Crippen LogP contribution in [-0.4, -0.2) is 47.3 Å². The van der Waals surface area contributed by atoms with Gasteiger partial charge in [0, 0.05) is 32.0 Å². The smallest absolute Gasteiger partial charge is 0.321 e. The van der Waals surface area contributed by atoms with Crippen molar-refractivity contribution in [3.8, 4) is 5.75 Å². The molecule has 0 saturated heterocycles. The predicted molar refractivity (Wildman–Crippen MR) is 112 cm³/mol.